The molecule has 2 aromatic carbocycles. The van der Waals surface area contributed by atoms with E-state index >= 15 is 0 Å². The summed E-state index contributed by atoms with van der Waals surface area (Å²) in [6.45, 7) is 0.457. The van der Waals surface area contributed by atoms with Crippen molar-refractivity contribution < 1.29 is 9.90 Å². The lowest BCUT2D eigenvalue weighted by Gasteiger charge is -2.19. The first-order chi connectivity index (χ1) is 11.1. The van der Waals surface area contributed by atoms with Gasteiger partial charge in [0.1, 0.15) is 5.75 Å². The highest BCUT2D eigenvalue weighted by Crippen LogP contribution is 2.22. The number of nitrogens with zero attached hydrogens (tertiary/aromatic N) is 2. The Morgan fingerprint density at radius 3 is 2.74 bits per heavy atom. The third kappa shape index (κ3) is 3.40. The second kappa shape index (κ2) is 6.36. The van der Waals surface area contributed by atoms with E-state index in [1.807, 2.05) is 24.3 Å². The van der Waals surface area contributed by atoms with E-state index in [0.29, 0.717) is 6.54 Å². The Kier molecular flexibility index (Phi) is 4.10. The van der Waals surface area contributed by atoms with Gasteiger partial charge >= 0.3 is 6.03 Å². The number of nitrogens with one attached hydrogen (secondary N) is 1. The van der Waals surface area contributed by atoms with Crippen LogP contribution in [0.25, 0.3) is 10.8 Å². The van der Waals surface area contributed by atoms with E-state index in [-0.39, 0.29) is 11.8 Å². The molecule has 0 atom stereocenters. The number of phenols is 1. The van der Waals surface area contributed by atoms with Gasteiger partial charge in [0.15, 0.2) is 0 Å². The first kappa shape index (κ1) is 14.8. The van der Waals surface area contributed by atoms with Gasteiger partial charge in [0.2, 0.25) is 0 Å². The van der Waals surface area contributed by atoms with Crippen LogP contribution >= 0.6 is 0 Å². The van der Waals surface area contributed by atoms with Gasteiger partial charge in [-0.05, 0) is 29.8 Å². The molecule has 23 heavy (non-hydrogen) atoms. The molecule has 5 heteroatoms. The molecule has 5 nitrogen and oxygen atoms in total. The predicted molar refractivity (Wildman–Crippen MR) is 90.3 cm³/mol. The van der Waals surface area contributed by atoms with Crippen molar-refractivity contribution in [3.63, 3.8) is 0 Å². The molecule has 3 aromatic rings. The number of amides is 2. The SMILES string of the molecule is CN(Cc1ccc(O)cc1)C(=O)Nc1cccc2cnccc12. The summed E-state index contributed by atoms with van der Waals surface area (Å²) in [5, 5.41) is 14.2. The maximum Gasteiger partial charge on any atom is 0.321 e. The normalized spacial score (nSPS) is 10.5. The number of aromatic hydroxyl groups is 1. The van der Waals surface area contributed by atoms with Gasteiger partial charge in [-0.15, -0.1) is 0 Å². The summed E-state index contributed by atoms with van der Waals surface area (Å²) in [7, 11) is 1.73. The van der Waals surface area contributed by atoms with Crippen molar-refractivity contribution >= 4 is 22.5 Å². The molecule has 0 saturated heterocycles. The van der Waals surface area contributed by atoms with Crippen LogP contribution in [0, 0.1) is 0 Å². The van der Waals surface area contributed by atoms with E-state index in [9.17, 15) is 9.90 Å². The second-order valence-electron chi connectivity index (χ2n) is 5.36. The van der Waals surface area contributed by atoms with Crippen LogP contribution in [-0.4, -0.2) is 28.1 Å². The number of anilines is 1. The van der Waals surface area contributed by atoms with Crippen molar-refractivity contribution in [3.05, 3.63) is 66.5 Å². The average molecular weight is 307 g/mol. The van der Waals surface area contributed by atoms with Gasteiger partial charge < -0.3 is 15.3 Å². The quantitative estimate of drug-likeness (QED) is 0.777. The molecule has 0 spiro atoms. The van der Waals surface area contributed by atoms with Crippen molar-refractivity contribution in [3.8, 4) is 5.75 Å². The van der Waals surface area contributed by atoms with E-state index in [1.165, 1.54) is 0 Å². The molecule has 0 radical (unpaired) electrons. The molecule has 0 unspecified atom stereocenters. The highest BCUT2D eigenvalue weighted by Gasteiger charge is 2.11. The zero-order valence-corrected chi connectivity index (χ0v) is 12.7. The number of carbonyl (C=O) groups excluding carboxylic acids is 1. The minimum absolute atomic E-state index is 0.192. The lowest BCUT2D eigenvalue weighted by Crippen LogP contribution is -2.30. The van der Waals surface area contributed by atoms with Crippen LogP contribution in [0.2, 0.25) is 0 Å². The Hall–Kier alpha value is -3.08. The second-order valence-corrected chi connectivity index (χ2v) is 5.36. The average Bonchev–Trinajstić information content (AvgIpc) is 2.57. The molecule has 1 aromatic heterocycles. The van der Waals surface area contributed by atoms with Gasteiger partial charge in [0.05, 0.1) is 5.69 Å². The van der Waals surface area contributed by atoms with Gasteiger partial charge in [-0.25, -0.2) is 4.79 Å². The molecule has 0 bridgehead atoms. The van der Waals surface area contributed by atoms with Crippen molar-refractivity contribution in [1.82, 2.24) is 9.88 Å². The summed E-state index contributed by atoms with van der Waals surface area (Å²) in [5.41, 5.74) is 1.70. The van der Waals surface area contributed by atoms with Crippen molar-refractivity contribution in [1.29, 1.82) is 0 Å². The molecule has 2 amide bonds. The number of carbonyl (C=O) groups is 1. The summed E-state index contributed by atoms with van der Waals surface area (Å²) in [5.74, 6) is 0.213. The zero-order valence-electron chi connectivity index (χ0n) is 12.7. The lowest BCUT2D eigenvalue weighted by atomic mass is 10.1. The number of pyridine rings is 1. The number of fused-ring (bicyclic) bond motifs is 1. The molecule has 0 aliphatic heterocycles. The van der Waals surface area contributed by atoms with E-state index in [2.05, 4.69) is 10.3 Å². The molecule has 3 rings (SSSR count). The summed E-state index contributed by atoms with van der Waals surface area (Å²) in [6, 6.07) is 14.2. The fourth-order valence-corrected chi connectivity index (χ4v) is 2.39. The minimum atomic E-state index is -0.192. The number of hydrogen-bond donors (Lipinski definition) is 2. The van der Waals surface area contributed by atoms with Crippen LogP contribution in [-0.2, 0) is 6.54 Å². The van der Waals surface area contributed by atoms with Crippen molar-refractivity contribution in [2.24, 2.45) is 0 Å². The smallest absolute Gasteiger partial charge is 0.321 e. The van der Waals surface area contributed by atoms with Gasteiger partial charge in [0.25, 0.3) is 0 Å². The van der Waals surface area contributed by atoms with Crippen LogP contribution in [0.5, 0.6) is 5.75 Å². The van der Waals surface area contributed by atoms with Gasteiger partial charge in [-0.2, -0.15) is 0 Å². The molecule has 0 aliphatic rings. The standard InChI is InChI=1S/C18H17N3O2/c1-21(12-13-5-7-15(22)8-6-13)18(23)20-17-4-2-3-14-11-19-10-9-16(14)17/h2-11,22H,12H2,1H3,(H,20,23). The fraction of sp³-hybridized carbons (Fsp3) is 0.111. The number of phenolic OH excluding ortho intramolecular Hbond substituents is 1. The van der Waals surface area contributed by atoms with Gasteiger partial charge in [-0.3, -0.25) is 4.98 Å². The minimum Gasteiger partial charge on any atom is -0.508 e. The van der Waals surface area contributed by atoms with Gasteiger partial charge in [-0.1, -0.05) is 24.3 Å². The maximum atomic E-state index is 12.4. The molecule has 116 valence electrons. The summed E-state index contributed by atoms with van der Waals surface area (Å²) in [6.07, 6.45) is 3.48. The zero-order chi connectivity index (χ0) is 16.2. The number of hydrogen-bond acceptors (Lipinski definition) is 3. The molecule has 2 N–H and O–H groups in total. The monoisotopic (exact) mass is 307 g/mol. The summed E-state index contributed by atoms with van der Waals surface area (Å²) >= 11 is 0. The third-order valence-corrected chi connectivity index (χ3v) is 3.63. The first-order valence-electron chi connectivity index (χ1n) is 7.26. The Labute approximate surface area is 134 Å². The Balaban J connectivity index is 1.74. The van der Waals surface area contributed by atoms with Crippen molar-refractivity contribution in [2.45, 2.75) is 6.54 Å². The van der Waals surface area contributed by atoms with Crippen LogP contribution < -0.4 is 5.32 Å². The Bertz CT molecular complexity index is 826. The molecule has 1 heterocycles. The Morgan fingerprint density at radius 2 is 1.96 bits per heavy atom. The molecule has 0 aliphatic carbocycles. The third-order valence-electron chi connectivity index (χ3n) is 3.63. The first-order valence-corrected chi connectivity index (χ1v) is 7.26. The number of rotatable bonds is 3. The fourth-order valence-electron chi connectivity index (χ4n) is 2.39. The van der Waals surface area contributed by atoms with E-state index in [0.717, 1.165) is 22.0 Å². The summed E-state index contributed by atoms with van der Waals surface area (Å²) < 4.78 is 0. The largest absolute Gasteiger partial charge is 0.508 e. The number of aromatic nitrogens is 1. The topological polar surface area (TPSA) is 65.5 Å². The van der Waals surface area contributed by atoms with Crippen LogP contribution in [0.4, 0.5) is 10.5 Å². The van der Waals surface area contributed by atoms with Crippen LogP contribution in [0.1, 0.15) is 5.56 Å². The molecular formula is C18H17N3O2. The lowest BCUT2D eigenvalue weighted by molar-refractivity contribution is 0.220. The number of urea groups is 1. The molecular weight excluding hydrogens is 290 g/mol. The maximum absolute atomic E-state index is 12.4. The van der Waals surface area contributed by atoms with Gasteiger partial charge in [0, 0.05) is 36.8 Å². The van der Waals surface area contributed by atoms with Crippen LogP contribution in [0.15, 0.2) is 60.9 Å². The predicted octanol–water partition coefficient (Wildman–Crippen LogP) is 3.60. The van der Waals surface area contributed by atoms with E-state index in [4.69, 9.17) is 0 Å². The summed E-state index contributed by atoms with van der Waals surface area (Å²) in [4.78, 5) is 18.1. The number of benzene rings is 2. The Morgan fingerprint density at radius 1 is 1.17 bits per heavy atom. The highest BCUT2D eigenvalue weighted by atomic mass is 16.3. The van der Waals surface area contributed by atoms with E-state index in [1.54, 1.807) is 48.6 Å². The highest BCUT2D eigenvalue weighted by molar-refractivity contribution is 6.01. The van der Waals surface area contributed by atoms with Crippen molar-refractivity contribution in [2.75, 3.05) is 12.4 Å². The molecule has 0 saturated carbocycles. The molecule has 0 fully saturated rings. The van der Waals surface area contributed by atoms with Crippen LogP contribution in [0.3, 0.4) is 0 Å². The van der Waals surface area contributed by atoms with E-state index < -0.39 is 0 Å².